The Labute approximate surface area is 182 Å². The van der Waals surface area contributed by atoms with Crippen LogP contribution in [-0.2, 0) is 21.5 Å². The molecule has 1 aromatic heterocycles. The van der Waals surface area contributed by atoms with Gasteiger partial charge in [-0.1, -0.05) is 6.07 Å². The van der Waals surface area contributed by atoms with Crippen molar-refractivity contribution in [2.45, 2.75) is 56.7 Å². The van der Waals surface area contributed by atoms with E-state index < -0.39 is 11.4 Å². The highest BCUT2D eigenvalue weighted by Gasteiger charge is 2.43. The number of nitrogens with one attached hydrogen (secondary N) is 2. The van der Waals surface area contributed by atoms with Crippen molar-refractivity contribution >= 4 is 11.6 Å². The number of hydrogen-bond donors (Lipinski definition) is 3. The molecule has 0 spiro atoms. The molecule has 1 aromatic carbocycles. The summed E-state index contributed by atoms with van der Waals surface area (Å²) in [6.07, 6.45) is 6.09. The van der Waals surface area contributed by atoms with Crippen molar-refractivity contribution in [1.82, 2.24) is 10.3 Å². The highest BCUT2D eigenvalue weighted by molar-refractivity contribution is 5.95. The summed E-state index contributed by atoms with van der Waals surface area (Å²) in [5.41, 5.74) is 9.71. The number of anilines is 1. The lowest BCUT2D eigenvalue weighted by atomic mass is 9.81. The van der Waals surface area contributed by atoms with Crippen molar-refractivity contribution in [2.75, 3.05) is 19.0 Å². The highest BCUT2D eigenvalue weighted by Crippen LogP contribution is 2.46. The number of hydrogen-bond acceptors (Lipinski definition) is 5. The number of amides is 1. The topological polar surface area (TPSA) is 89.3 Å². The first-order valence-corrected chi connectivity index (χ1v) is 11.0. The molecular weight excluding hydrogens is 395 g/mol. The molecule has 1 aliphatic carbocycles. The number of carbonyl (C=O) groups excluding carboxylic acids is 1. The predicted octanol–water partition coefficient (Wildman–Crippen LogP) is 3.04. The van der Waals surface area contributed by atoms with Crippen LogP contribution in [0.25, 0.3) is 0 Å². The number of ether oxygens (including phenoxy) is 1. The lowest BCUT2D eigenvalue weighted by Crippen LogP contribution is -2.39. The minimum Gasteiger partial charge on any atom is -0.380 e. The van der Waals surface area contributed by atoms with Gasteiger partial charge in [-0.15, -0.1) is 0 Å². The first-order valence-electron chi connectivity index (χ1n) is 11.0. The van der Waals surface area contributed by atoms with E-state index in [4.69, 9.17) is 10.5 Å². The number of aromatic nitrogens is 1. The zero-order chi connectivity index (χ0) is 22.0. The van der Waals surface area contributed by atoms with Gasteiger partial charge in [-0.05, 0) is 80.3 Å². The molecule has 1 aliphatic heterocycles. The molecule has 1 saturated carbocycles. The monoisotopic (exact) mass is 426 g/mol. The highest BCUT2D eigenvalue weighted by atomic mass is 19.1. The third kappa shape index (κ3) is 4.95. The van der Waals surface area contributed by atoms with Gasteiger partial charge in [0.15, 0.2) is 0 Å². The molecule has 166 valence electrons. The quantitative estimate of drug-likeness (QED) is 0.604. The second-order valence-electron chi connectivity index (χ2n) is 8.86. The van der Waals surface area contributed by atoms with Crippen LogP contribution >= 0.6 is 0 Å². The van der Waals surface area contributed by atoms with E-state index in [1.807, 2.05) is 19.2 Å². The van der Waals surface area contributed by atoms with E-state index in [-0.39, 0.29) is 23.7 Å². The number of halogens is 1. The van der Waals surface area contributed by atoms with Crippen molar-refractivity contribution in [3.8, 4) is 0 Å². The van der Waals surface area contributed by atoms with Crippen LogP contribution in [0.4, 0.5) is 10.1 Å². The molecule has 3 atom stereocenters. The van der Waals surface area contributed by atoms with E-state index in [0.29, 0.717) is 25.3 Å². The zero-order valence-corrected chi connectivity index (χ0v) is 18.2. The van der Waals surface area contributed by atoms with Gasteiger partial charge in [-0.3, -0.25) is 9.78 Å². The van der Waals surface area contributed by atoms with Gasteiger partial charge < -0.3 is 21.1 Å². The molecule has 2 heterocycles. The first-order chi connectivity index (χ1) is 14.9. The molecule has 1 saturated heterocycles. The first kappa shape index (κ1) is 21.9. The Kier molecular flexibility index (Phi) is 6.36. The number of nitrogens with zero attached hydrogens (tertiary/aromatic N) is 1. The summed E-state index contributed by atoms with van der Waals surface area (Å²) in [6, 6.07) is 8.60. The summed E-state index contributed by atoms with van der Waals surface area (Å²) >= 11 is 0. The van der Waals surface area contributed by atoms with Crippen molar-refractivity contribution in [1.29, 1.82) is 0 Å². The number of aryl methyl sites for hydroxylation is 2. The fraction of sp³-hybridized carbons (Fsp3) is 0.500. The van der Waals surface area contributed by atoms with Crippen molar-refractivity contribution in [3.63, 3.8) is 0 Å². The minimum absolute atomic E-state index is 0.00357. The molecule has 2 aliphatic rings. The maximum atomic E-state index is 14.4. The van der Waals surface area contributed by atoms with E-state index >= 15 is 0 Å². The van der Waals surface area contributed by atoms with Crippen molar-refractivity contribution in [3.05, 3.63) is 59.2 Å². The van der Waals surface area contributed by atoms with E-state index in [0.717, 1.165) is 36.1 Å². The predicted molar refractivity (Wildman–Crippen MR) is 118 cm³/mol. The van der Waals surface area contributed by atoms with Gasteiger partial charge >= 0.3 is 0 Å². The smallest absolute Gasteiger partial charge is 0.241 e. The summed E-state index contributed by atoms with van der Waals surface area (Å²) in [5.74, 6) is -0.227. The largest absolute Gasteiger partial charge is 0.380 e. The third-order valence-electron chi connectivity index (χ3n) is 6.60. The Bertz CT molecular complexity index is 949. The van der Waals surface area contributed by atoms with E-state index in [9.17, 15) is 9.18 Å². The van der Waals surface area contributed by atoms with E-state index in [1.165, 1.54) is 6.07 Å². The normalized spacial score (nSPS) is 22.8. The second-order valence-corrected chi connectivity index (χ2v) is 8.86. The maximum Gasteiger partial charge on any atom is 0.241 e. The molecular formula is C24H31FN4O2. The summed E-state index contributed by atoms with van der Waals surface area (Å²) in [6.45, 7) is 2.59. The number of pyridine rings is 1. The molecule has 2 fully saturated rings. The van der Waals surface area contributed by atoms with Gasteiger partial charge in [-0.2, -0.15) is 0 Å². The van der Waals surface area contributed by atoms with Crippen molar-refractivity contribution < 1.29 is 13.9 Å². The number of rotatable bonds is 8. The van der Waals surface area contributed by atoms with Gasteiger partial charge in [0.1, 0.15) is 5.82 Å². The molecule has 0 radical (unpaired) electrons. The van der Waals surface area contributed by atoms with Crippen LogP contribution < -0.4 is 16.4 Å². The van der Waals surface area contributed by atoms with Gasteiger partial charge in [0.25, 0.3) is 0 Å². The van der Waals surface area contributed by atoms with Gasteiger partial charge in [0.05, 0.1) is 17.8 Å². The molecule has 0 unspecified atom stereocenters. The van der Waals surface area contributed by atoms with Gasteiger partial charge in [0.2, 0.25) is 5.91 Å². The van der Waals surface area contributed by atoms with Crippen molar-refractivity contribution in [2.24, 2.45) is 11.7 Å². The minimum atomic E-state index is -0.440. The number of carbonyl (C=O) groups is 1. The molecule has 2 aromatic rings. The van der Waals surface area contributed by atoms with Crippen LogP contribution in [0.1, 0.15) is 42.5 Å². The van der Waals surface area contributed by atoms with Crippen LogP contribution in [0.3, 0.4) is 0 Å². The Morgan fingerprint density at radius 1 is 1.35 bits per heavy atom. The zero-order valence-electron chi connectivity index (χ0n) is 18.2. The Morgan fingerprint density at radius 2 is 2.16 bits per heavy atom. The summed E-state index contributed by atoms with van der Waals surface area (Å²) in [4.78, 5) is 16.8. The molecule has 6 nitrogen and oxygen atoms in total. The second kappa shape index (κ2) is 9.02. The van der Waals surface area contributed by atoms with Crippen LogP contribution in [-0.4, -0.2) is 36.7 Å². The van der Waals surface area contributed by atoms with Crippen LogP contribution in [0.5, 0.6) is 0 Å². The average molecular weight is 427 g/mol. The summed E-state index contributed by atoms with van der Waals surface area (Å²) in [5, 5.41) is 5.85. The lowest BCUT2D eigenvalue weighted by molar-refractivity contribution is -0.118. The lowest BCUT2D eigenvalue weighted by Gasteiger charge is -2.31. The summed E-state index contributed by atoms with van der Waals surface area (Å²) in [7, 11) is 1.63. The summed E-state index contributed by atoms with van der Waals surface area (Å²) < 4.78 is 19.7. The average Bonchev–Trinajstić information content (AvgIpc) is 3.51. The molecule has 0 bridgehead atoms. The van der Waals surface area contributed by atoms with Gasteiger partial charge in [0, 0.05) is 31.1 Å². The van der Waals surface area contributed by atoms with Gasteiger partial charge in [-0.25, -0.2) is 4.39 Å². The number of methoxy groups -OCH3 is 1. The maximum absolute atomic E-state index is 14.4. The van der Waals surface area contributed by atoms with Crippen LogP contribution in [0.15, 0.2) is 36.5 Å². The molecule has 4 rings (SSSR count). The Hall–Kier alpha value is -2.35. The standard InChI is InChI=1S/C24H31FN4O2/c1-15-11-18(8-10-27-15)24(26,17-4-5-17)9-7-16-3-6-20(25)21(12-16)29-23(30)22-13-19(31-2)14-28-22/h3,6,8,10-12,17,19,22,28H,4-5,7,9,13-14,26H2,1-2H3,(H,29,30)/t19-,22-,24+/m1/s1. The fourth-order valence-electron chi connectivity index (χ4n) is 4.50. The number of nitrogens with two attached hydrogens (primary N) is 1. The Morgan fingerprint density at radius 3 is 2.84 bits per heavy atom. The van der Waals surface area contributed by atoms with Crippen LogP contribution in [0.2, 0.25) is 0 Å². The molecule has 1 amide bonds. The van der Waals surface area contributed by atoms with Crippen LogP contribution in [0, 0.1) is 18.7 Å². The fourth-order valence-corrected chi connectivity index (χ4v) is 4.50. The third-order valence-corrected chi connectivity index (χ3v) is 6.60. The molecule has 31 heavy (non-hydrogen) atoms. The SMILES string of the molecule is CO[C@H]1CN[C@@H](C(=O)Nc2cc(CC[C@@](N)(c3ccnc(C)c3)C3CC3)ccc2F)C1. The number of benzene rings is 1. The molecule has 4 N–H and O–H groups in total. The van der Waals surface area contributed by atoms with E-state index in [2.05, 4.69) is 21.7 Å². The molecule has 7 heteroatoms. The Balaban J connectivity index is 1.45. The van der Waals surface area contributed by atoms with E-state index in [1.54, 1.807) is 19.2 Å².